The monoisotopic (exact) mass is 292 g/mol. The Morgan fingerprint density at radius 3 is 2.25 bits per heavy atom. The fourth-order valence-corrected chi connectivity index (χ4v) is 4.15. The molecule has 0 spiro atoms. The van der Waals surface area contributed by atoms with Gasteiger partial charge in [-0.05, 0) is 51.4 Å². The van der Waals surface area contributed by atoms with Crippen LogP contribution in [-0.4, -0.2) is 9.68 Å². The molecule has 1 aromatic heterocycles. The van der Waals surface area contributed by atoms with Crippen molar-refractivity contribution in [1.29, 1.82) is 0 Å². The molecular formula is C16H24N2OS. The molecule has 1 heterocycles. The van der Waals surface area contributed by atoms with Crippen LogP contribution in [0.4, 0.5) is 0 Å². The van der Waals surface area contributed by atoms with Gasteiger partial charge in [-0.15, -0.1) is 0 Å². The summed E-state index contributed by atoms with van der Waals surface area (Å²) in [5.41, 5.74) is 0. The summed E-state index contributed by atoms with van der Waals surface area (Å²) in [5.74, 6) is 0.763. The average molecular weight is 292 g/mol. The third-order valence-electron chi connectivity index (χ3n) is 5.00. The third-order valence-corrected chi connectivity index (χ3v) is 5.18. The van der Waals surface area contributed by atoms with E-state index in [4.69, 9.17) is 12.6 Å². The molecule has 2 saturated carbocycles. The molecule has 0 aliphatic heterocycles. The molecule has 2 aliphatic rings. The quantitative estimate of drug-likeness (QED) is 0.630. The van der Waals surface area contributed by atoms with Gasteiger partial charge in [0.2, 0.25) is 0 Å². The zero-order valence-electron chi connectivity index (χ0n) is 12.1. The fraction of sp³-hybridized carbons (Fsp3) is 0.750. The van der Waals surface area contributed by atoms with Crippen LogP contribution in [0.5, 0.6) is 0 Å². The van der Waals surface area contributed by atoms with Crippen molar-refractivity contribution in [3.8, 4) is 0 Å². The molecule has 0 aromatic carbocycles. The van der Waals surface area contributed by atoms with Crippen molar-refractivity contribution in [2.45, 2.75) is 76.3 Å². The Labute approximate surface area is 126 Å². The van der Waals surface area contributed by atoms with Gasteiger partial charge in [0.15, 0.2) is 0 Å². The number of nitrogens with zero attached hydrogens (tertiary/aromatic N) is 2. The number of imidazole rings is 1. The number of aromatic nitrogens is 2. The van der Waals surface area contributed by atoms with E-state index in [9.17, 15) is 4.79 Å². The van der Waals surface area contributed by atoms with Gasteiger partial charge < -0.3 is 17.4 Å². The minimum Gasteiger partial charge on any atom is -0.729 e. The van der Waals surface area contributed by atoms with Crippen molar-refractivity contribution in [2.24, 2.45) is 0 Å². The van der Waals surface area contributed by atoms with E-state index in [-0.39, 0.29) is 5.12 Å². The summed E-state index contributed by atoms with van der Waals surface area (Å²) in [4.78, 5) is 12.0. The Morgan fingerprint density at radius 1 is 1.05 bits per heavy atom. The first-order valence-corrected chi connectivity index (χ1v) is 8.51. The van der Waals surface area contributed by atoms with E-state index >= 15 is 0 Å². The van der Waals surface area contributed by atoms with Crippen LogP contribution in [0.25, 0.3) is 0 Å². The molecule has 2 fully saturated rings. The van der Waals surface area contributed by atoms with Crippen molar-refractivity contribution < 1.29 is 9.36 Å². The molecule has 20 heavy (non-hydrogen) atoms. The molecule has 0 unspecified atom stereocenters. The molecular weight excluding hydrogens is 268 g/mol. The Morgan fingerprint density at radius 2 is 1.65 bits per heavy atom. The smallest absolute Gasteiger partial charge is 0.302 e. The lowest BCUT2D eigenvalue weighted by atomic mass is 9.95. The van der Waals surface area contributed by atoms with Gasteiger partial charge in [0.25, 0.3) is 0 Å². The maximum Gasteiger partial charge on any atom is 0.302 e. The van der Waals surface area contributed by atoms with Gasteiger partial charge in [0.05, 0.1) is 0 Å². The summed E-state index contributed by atoms with van der Waals surface area (Å²) in [6.45, 7) is 0. The normalized spacial score (nSPS) is 22.0. The van der Waals surface area contributed by atoms with Crippen molar-refractivity contribution in [2.75, 3.05) is 0 Å². The summed E-state index contributed by atoms with van der Waals surface area (Å²) < 4.78 is 4.37. The highest BCUT2D eigenvalue weighted by molar-refractivity contribution is 7.77. The predicted molar refractivity (Wildman–Crippen MR) is 80.6 cm³/mol. The lowest BCUT2D eigenvalue weighted by Gasteiger charge is -2.23. The molecule has 0 atom stereocenters. The van der Waals surface area contributed by atoms with Crippen molar-refractivity contribution in [3.05, 3.63) is 18.2 Å². The number of hydrogen-bond acceptors (Lipinski definition) is 2. The second-order valence-electron chi connectivity index (χ2n) is 6.31. The van der Waals surface area contributed by atoms with E-state index in [1.807, 2.05) is 0 Å². The zero-order chi connectivity index (χ0) is 13.9. The number of hydrogen-bond donors (Lipinski definition) is 0. The summed E-state index contributed by atoms with van der Waals surface area (Å²) in [6, 6.07) is 0.964. The predicted octanol–water partition coefficient (Wildman–Crippen LogP) is 3.47. The number of carbonyl (C=O) groups excluding carboxylic acids is 1. The lowest BCUT2D eigenvalue weighted by molar-refractivity contribution is -0.726. The van der Waals surface area contributed by atoms with Crippen LogP contribution in [0.1, 0.15) is 86.9 Å². The van der Waals surface area contributed by atoms with Gasteiger partial charge in [-0.1, -0.05) is 12.8 Å². The van der Waals surface area contributed by atoms with Crippen LogP contribution in [0.3, 0.4) is 0 Å². The standard InChI is InChI=1S/C16H24N2OS/c19-16(20)15-17(13-7-3-1-4-8-13)11-12-18(15)14-9-5-2-6-10-14/h11-14H,1-10H2. The van der Waals surface area contributed by atoms with Gasteiger partial charge in [0, 0.05) is 0 Å². The van der Waals surface area contributed by atoms with Gasteiger partial charge in [-0.25, -0.2) is 9.13 Å². The van der Waals surface area contributed by atoms with Gasteiger partial charge >= 0.3 is 5.82 Å². The highest BCUT2D eigenvalue weighted by Gasteiger charge is 2.30. The number of carbonyl (C=O) groups is 1. The first-order valence-electron chi connectivity index (χ1n) is 8.10. The third kappa shape index (κ3) is 2.76. The zero-order valence-corrected chi connectivity index (χ0v) is 12.9. The molecule has 0 radical (unpaired) electrons. The van der Waals surface area contributed by atoms with E-state index < -0.39 is 0 Å². The Bertz CT molecular complexity index is 435. The second-order valence-corrected chi connectivity index (χ2v) is 6.68. The minimum absolute atomic E-state index is 0.189. The van der Waals surface area contributed by atoms with Crippen LogP contribution in [0.15, 0.2) is 12.4 Å². The highest BCUT2D eigenvalue weighted by Crippen LogP contribution is 2.30. The summed E-state index contributed by atoms with van der Waals surface area (Å²) in [6.07, 6.45) is 16.7. The topological polar surface area (TPSA) is 25.9 Å². The van der Waals surface area contributed by atoms with E-state index in [1.54, 1.807) is 0 Å². The van der Waals surface area contributed by atoms with Gasteiger partial charge in [0.1, 0.15) is 29.6 Å². The lowest BCUT2D eigenvalue weighted by Crippen LogP contribution is -2.45. The Hall–Kier alpha value is -0.900. The minimum atomic E-state index is -0.189. The Balaban J connectivity index is 1.90. The largest absolute Gasteiger partial charge is 0.729 e. The van der Waals surface area contributed by atoms with Crippen molar-refractivity contribution in [3.63, 3.8) is 0 Å². The molecule has 1 aromatic rings. The molecule has 4 heteroatoms. The maximum absolute atomic E-state index is 12.0. The molecule has 3 rings (SSSR count). The van der Waals surface area contributed by atoms with E-state index in [0.29, 0.717) is 12.1 Å². The summed E-state index contributed by atoms with van der Waals surface area (Å²) >= 11 is 5.03. The summed E-state index contributed by atoms with van der Waals surface area (Å²) in [5, 5.41) is -0.189. The van der Waals surface area contributed by atoms with E-state index in [2.05, 4.69) is 21.5 Å². The maximum atomic E-state index is 12.0. The molecule has 0 saturated heterocycles. The van der Waals surface area contributed by atoms with E-state index in [0.717, 1.165) is 5.82 Å². The first kappa shape index (κ1) is 14.1. The number of rotatable bonds is 3. The fourth-order valence-electron chi connectivity index (χ4n) is 3.94. The van der Waals surface area contributed by atoms with Crippen LogP contribution < -0.4 is 4.57 Å². The van der Waals surface area contributed by atoms with Gasteiger partial charge in [-0.3, -0.25) is 0 Å². The van der Waals surface area contributed by atoms with Crippen LogP contribution in [0, 0.1) is 0 Å². The van der Waals surface area contributed by atoms with E-state index in [1.165, 1.54) is 64.2 Å². The first-order chi connectivity index (χ1) is 9.77. The molecule has 0 bridgehead atoms. The average Bonchev–Trinajstić information content (AvgIpc) is 2.94. The van der Waals surface area contributed by atoms with Crippen LogP contribution in [-0.2, 0) is 12.6 Å². The molecule has 0 N–H and O–H groups in total. The molecule has 3 nitrogen and oxygen atoms in total. The molecule has 2 aliphatic carbocycles. The van der Waals surface area contributed by atoms with Crippen LogP contribution >= 0.6 is 0 Å². The SMILES string of the molecule is O=C([S-])c1n(C2CCCCC2)cc[n+]1C1CCCCC1. The van der Waals surface area contributed by atoms with Crippen LogP contribution in [0.2, 0.25) is 0 Å². The van der Waals surface area contributed by atoms with Crippen molar-refractivity contribution >= 4 is 17.7 Å². The second kappa shape index (κ2) is 6.25. The van der Waals surface area contributed by atoms with Crippen molar-refractivity contribution in [1.82, 2.24) is 4.57 Å². The van der Waals surface area contributed by atoms with Gasteiger partial charge in [-0.2, -0.15) is 0 Å². The summed E-state index contributed by atoms with van der Waals surface area (Å²) in [7, 11) is 0. The molecule has 0 amide bonds. The molecule has 110 valence electrons. The Kier molecular flexibility index (Phi) is 4.39. The highest BCUT2D eigenvalue weighted by atomic mass is 32.1.